The normalized spacial score (nSPS) is 10.1. The quantitative estimate of drug-likeness (QED) is 0.646. The molecule has 126 valence electrons. The number of benzene rings is 2. The summed E-state index contributed by atoms with van der Waals surface area (Å²) in [5, 5.41) is 5.50. The first-order chi connectivity index (χ1) is 12.2. The number of nitrogens with one attached hydrogen (secondary N) is 3. The molecule has 1 heterocycles. The lowest BCUT2D eigenvalue weighted by Gasteiger charge is -2.09. The van der Waals surface area contributed by atoms with E-state index in [1.54, 1.807) is 54.7 Å². The first-order valence-electron chi connectivity index (χ1n) is 7.73. The van der Waals surface area contributed by atoms with Gasteiger partial charge in [-0.25, -0.2) is 0 Å². The van der Waals surface area contributed by atoms with Crippen LogP contribution in [-0.2, 0) is 4.79 Å². The van der Waals surface area contributed by atoms with Crippen molar-refractivity contribution in [1.29, 1.82) is 0 Å². The molecule has 0 aliphatic carbocycles. The lowest BCUT2D eigenvalue weighted by atomic mass is 10.3. The largest absolute Gasteiger partial charge is 0.484 e. The predicted octanol–water partition coefficient (Wildman–Crippen LogP) is 3.28. The maximum atomic E-state index is 12.0. The molecule has 2 aromatic carbocycles. The van der Waals surface area contributed by atoms with Crippen molar-refractivity contribution >= 4 is 23.2 Å². The van der Waals surface area contributed by atoms with Crippen molar-refractivity contribution in [1.82, 2.24) is 4.98 Å². The zero-order valence-corrected chi connectivity index (χ0v) is 13.4. The summed E-state index contributed by atoms with van der Waals surface area (Å²) in [6.07, 6.45) is 1.68. The van der Waals surface area contributed by atoms with E-state index >= 15 is 0 Å². The second-order valence-electron chi connectivity index (χ2n) is 5.27. The molecule has 0 spiro atoms. The third-order valence-electron chi connectivity index (χ3n) is 3.36. The third kappa shape index (κ3) is 4.71. The van der Waals surface area contributed by atoms with Gasteiger partial charge in [0.25, 0.3) is 11.8 Å². The van der Waals surface area contributed by atoms with Crippen LogP contribution < -0.4 is 15.4 Å². The van der Waals surface area contributed by atoms with E-state index < -0.39 is 0 Å². The zero-order chi connectivity index (χ0) is 17.5. The highest BCUT2D eigenvalue weighted by molar-refractivity contribution is 6.03. The number of para-hydroxylation sites is 1. The predicted molar refractivity (Wildman–Crippen MR) is 95.8 cm³/mol. The molecule has 0 aliphatic heterocycles. The molecule has 6 nitrogen and oxygen atoms in total. The van der Waals surface area contributed by atoms with Crippen LogP contribution in [-0.4, -0.2) is 23.4 Å². The smallest absolute Gasteiger partial charge is 0.272 e. The molecule has 2 amide bonds. The van der Waals surface area contributed by atoms with Crippen molar-refractivity contribution in [3.05, 3.63) is 78.6 Å². The van der Waals surface area contributed by atoms with E-state index in [0.29, 0.717) is 22.8 Å². The summed E-state index contributed by atoms with van der Waals surface area (Å²) in [6, 6.07) is 19.5. The summed E-state index contributed by atoms with van der Waals surface area (Å²) in [5.41, 5.74) is 1.76. The molecule has 0 aliphatic rings. The summed E-state index contributed by atoms with van der Waals surface area (Å²) in [4.78, 5) is 26.7. The molecule has 0 unspecified atom stereocenters. The van der Waals surface area contributed by atoms with Crippen molar-refractivity contribution in [2.45, 2.75) is 0 Å². The summed E-state index contributed by atoms with van der Waals surface area (Å²) in [7, 11) is 0. The molecule has 0 saturated carbocycles. The van der Waals surface area contributed by atoms with E-state index in [1.165, 1.54) is 0 Å². The first kappa shape index (κ1) is 16.3. The number of anilines is 2. The van der Waals surface area contributed by atoms with Crippen LogP contribution in [0.3, 0.4) is 0 Å². The van der Waals surface area contributed by atoms with Crippen molar-refractivity contribution in [2.24, 2.45) is 0 Å². The molecular weight excluding hydrogens is 318 g/mol. The molecule has 3 rings (SSSR count). The first-order valence-corrected chi connectivity index (χ1v) is 7.73. The number of aromatic amines is 1. The number of aromatic nitrogens is 1. The van der Waals surface area contributed by atoms with E-state index in [4.69, 9.17) is 4.74 Å². The second kappa shape index (κ2) is 7.83. The number of ether oxygens (including phenoxy) is 1. The number of carbonyl (C=O) groups is 2. The molecule has 25 heavy (non-hydrogen) atoms. The van der Waals surface area contributed by atoms with Gasteiger partial charge < -0.3 is 20.4 Å². The molecule has 0 fully saturated rings. The van der Waals surface area contributed by atoms with E-state index in [2.05, 4.69) is 15.6 Å². The highest BCUT2D eigenvalue weighted by atomic mass is 16.5. The average Bonchev–Trinajstić information content (AvgIpc) is 3.16. The number of hydrogen-bond donors (Lipinski definition) is 3. The fourth-order valence-corrected chi connectivity index (χ4v) is 2.20. The van der Waals surface area contributed by atoms with Crippen LogP contribution in [0.25, 0.3) is 0 Å². The van der Waals surface area contributed by atoms with Gasteiger partial charge in [0.15, 0.2) is 6.61 Å². The number of H-pyrrole nitrogens is 1. The fourth-order valence-electron chi connectivity index (χ4n) is 2.20. The molecule has 0 atom stereocenters. The van der Waals surface area contributed by atoms with Crippen LogP contribution in [0.15, 0.2) is 72.9 Å². The molecular formula is C19H17N3O3. The zero-order valence-electron chi connectivity index (χ0n) is 13.4. The van der Waals surface area contributed by atoms with E-state index in [9.17, 15) is 9.59 Å². The summed E-state index contributed by atoms with van der Waals surface area (Å²) >= 11 is 0. The van der Waals surface area contributed by atoms with Gasteiger partial charge in [0.2, 0.25) is 0 Å². The Morgan fingerprint density at radius 2 is 1.68 bits per heavy atom. The van der Waals surface area contributed by atoms with Crippen molar-refractivity contribution < 1.29 is 14.3 Å². The van der Waals surface area contributed by atoms with Crippen LogP contribution in [0.4, 0.5) is 11.4 Å². The van der Waals surface area contributed by atoms with Crippen LogP contribution >= 0.6 is 0 Å². The lowest BCUT2D eigenvalue weighted by molar-refractivity contribution is -0.118. The van der Waals surface area contributed by atoms with E-state index in [1.807, 2.05) is 18.2 Å². The van der Waals surface area contributed by atoms with Crippen LogP contribution in [0, 0.1) is 0 Å². The molecule has 1 aromatic heterocycles. The van der Waals surface area contributed by atoms with Crippen molar-refractivity contribution in [3.63, 3.8) is 0 Å². The molecule has 0 radical (unpaired) electrons. The highest BCUT2D eigenvalue weighted by Crippen LogP contribution is 2.18. The fraction of sp³-hybridized carbons (Fsp3) is 0.0526. The van der Waals surface area contributed by atoms with E-state index in [-0.39, 0.29) is 18.4 Å². The molecule has 0 saturated heterocycles. The Morgan fingerprint density at radius 3 is 2.44 bits per heavy atom. The Balaban J connectivity index is 1.54. The maximum Gasteiger partial charge on any atom is 0.272 e. The monoisotopic (exact) mass is 335 g/mol. The molecule has 6 heteroatoms. The number of carbonyl (C=O) groups excluding carboxylic acids is 2. The van der Waals surface area contributed by atoms with Gasteiger partial charge in [0.05, 0.1) is 0 Å². The van der Waals surface area contributed by atoms with Gasteiger partial charge in [0.1, 0.15) is 11.4 Å². The summed E-state index contributed by atoms with van der Waals surface area (Å²) in [5.74, 6) is -0.0107. The maximum absolute atomic E-state index is 12.0. The van der Waals surface area contributed by atoms with Crippen LogP contribution in [0.2, 0.25) is 0 Å². The van der Waals surface area contributed by atoms with Gasteiger partial charge in [-0.3, -0.25) is 9.59 Å². The van der Waals surface area contributed by atoms with Crippen molar-refractivity contribution in [3.8, 4) is 5.75 Å². The van der Waals surface area contributed by atoms with Gasteiger partial charge >= 0.3 is 0 Å². The van der Waals surface area contributed by atoms with Gasteiger partial charge in [-0.2, -0.15) is 0 Å². The topological polar surface area (TPSA) is 83.2 Å². The van der Waals surface area contributed by atoms with E-state index in [0.717, 1.165) is 0 Å². The Hall–Kier alpha value is -3.54. The SMILES string of the molecule is O=C(COc1cccc(NC(=O)c2ccc[nH]2)c1)Nc1ccccc1. The number of hydrogen-bond acceptors (Lipinski definition) is 3. The van der Waals surface area contributed by atoms with Crippen molar-refractivity contribution in [2.75, 3.05) is 17.2 Å². The molecule has 3 N–H and O–H groups in total. The van der Waals surface area contributed by atoms with Gasteiger partial charge in [-0.15, -0.1) is 0 Å². The highest BCUT2D eigenvalue weighted by Gasteiger charge is 2.08. The Bertz CT molecular complexity index is 845. The van der Waals surface area contributed by atoms with Crippen LogP contribution in [0.1, 0.15) is 10.5 Å². The lowest BCUT2D eigenvalue weighted by Crippen LogP contribution is -2.20. The second-order valence-corrected chi connectivity index (χ2v) is 5.27. The average molecular weight is 335 g/mol. The minimum atomic E-state index is -0.257. The Morgan fingerprint density at radius 1 is 0.880 bits per heavy atom. The minimum absolute atomic E-state index is 0.122. The number of amides is 2. The summed E-state index contributed by atoms with van der Waals surface area (Å²) in [6.45, 7) is -0.122. The number of rotatable bonds is 6. The van der Waals surface area contributed by atoms with Gasteiger partial charge in [-0.1, -0.05) is 24.3 Å². The Labute approximate surface area is 144 Å². The summed E-state index contributed by atoms with van der Waals surface area (Å²) < 4.78 is 5.48. The standard InChI is InChI=1S/C19H17N3O3/c23-18(21-14-6-2-1-3-7-14)13-25-16-9-4-8-15(12-16)22-19(24)17-10-5-11-20-17/h1-12,20H,13H2,(H,21,23)(H,22,24). The minimum Gasteiger partial charge on any atom is -0.484 e. The van der Waals surface area contributed by atoms with Gasteiger partial charge in [0, 0.05) is 23.6 Å². The van der Waals surface area contributed by atoms with Crippen LogP contribution in [0.5, 0.6) is 5.75 Å². The van der Waals surface area contributed by atoms with Gasteiger partial charge in [-0.05, 0) is 36.4 Å². The third-order valence-corrected chi connectivity index (χ3v) is 3.36. The molecule has 3 aromatic rings. The molecule has 0 bridgehead atoms. The Kier molecular flexibility index (Phi) is 5.11.